The first-order chi connectivity index (χ1) is 6.62. The van der Waals surface area contributed by atoms with Crippen molar-refractivity contribution < 1.29 is 8.42 Å². The maximum Gasteiger partial charge on any atom is 0.213 e. The van der Waals surface area contributed by atoms with Gasteiger partial charge in [0.1, 0.15) is 0 Å². The van der Waals surface area contributed by atoms with E-state index in [0.29, 0.717) is 11.8 Å². The summed E-state index contributed by atoms with van der Waals surface area (Å²) in [6.07, 6.45) is 4.89. The van der Waals surface area contributed by atoms with Crippen molar-refractivity contribution in [2.24, 2.45) is 11.8 Å². The molecule has 2 aliphatic rings. The summed E-state index contributed by atoms with van der Waals surface area (Å²) < 4.78 is 25.2. The monoisotopic (exact) mass is 217 g/mol. The summed E-state index contributed by atoms with van der Waals surface area (Å²) in [5.41, 5.74) is 0. The first kappa shape index (κ1) is 10.4. The van der Waals surface area contributed by atoms with Gasteiger partial charge in [-0.25, -0.2) is 12.7 Å². The normalized spacial score (nSPS) is 23.0. The van der Waals surface area contributed by atoms with Crippen molar-refractivity contribution in [2.45, 2.75) is 32.6 Å². The highest BCUT2D eigenvalue weighted by Gasteiger charge is 2.33. The molecule has 0 saturated heterocycles. The van der Waals surface area contributed by atoms with E-state index in [4.69, 9.17) is 0 Å². The van der Waals surface area contributed by atoms with Crippen LogP contribution in [0.15, 0.2) is 0 Å². The lowest BCUT2D eigenvalue weighted by Crippen LogP contribution is -2.35. The lowest BCUT2D eigenvalue weighted by Gasteiger charge is -2.20. The maximum atomic E-state index is 11.8. The van der Waals surface area contributed by atoms with E-state index in [1.807, 2.05) is 0 Å². The van der Waals surface area contributed by atoms with Crippen LogP contribution in [-0.4, -0.2) is 31.6 Å². The third-order valence-electron chi connectivity index (χ3n) is 3.08. The average Bonchev–Trinajstić information content (AvgIpc) is 2.96. The lowest BCUT2D eigenvalue weighted by molar-refractivity contribution is 0.383. The Morgan fingerprint density at radius 2 is 1.50 bits per heavy atom. The Hall–Kier alpha value is -0.0900. The summed E-state index contributed by atoms with van der Waals surface area (Å²) in [6.45, 7) is 3.31. The molecule has 0 unspecified atom stereocenters. The van der Waals surface area contributed by atoms with Crippen LogP contribution in [0.5, 0.6) is 0 Å². The van der Waals surface area contributed by atoms with Gasteiger partial charge in [-0.2, -0.15) is 0 Å². The Balaban J connectivity index is 1.95. The molecule has 0 amide bonds. The number of hydrogen-bond donors (Lipinski definition) is 0. The summed E-state index contributed by atoms with van der Waals surface area (Å²) in [4.78, 5) is 0. The Bertz CT molecular complexity index is 277. The van der Waals surface area contributed by atoms with Crippen LogP contribution in [0.4, 0.5) is 0 Å². The van der Waals surface area contributed by atoms with Crippen molar-refractivity contribution in [2.75, 3.05) is 18.8 Å². The maximum absolute atomic E-state index is 11.8. The Kier molecular flexibility index (Phi) is 2.84. The third-order valence-corrected chi connectivity index (χ3v) is 4.89. The van der Waals surface area contributed by atoms with Gasteiger partial charge in [0.15, 0.2) is 0 Å². The second-order valence-electron chi connectivity index (χ2n) is 4.60. The predicted molar refractivity (Wildman–Crippen MR) is 56.5 cm³/mol. The van der Waals surface area contributed by atoms with Gasteiger partial charge in [0.2, 0.25) is 10.0 Å². The minimum absolute atomic E-state index is 0.256. The SMILES string of the molecule is CCS(=O)(=O)N(CC1CC1)CC1CC1. The molecule has 2 fully saturated rings. The minimum Gasteiger partial charge on any atom is -0.212 e. The van der Waals surface area contributed by atoms with E-state index in [1.165, 1.54) is 25.7 Å². The zero-order valence-electron chi connectivity index (χ0n) is 8.78. The smallest absolute Gasteiger partial charge is 0.212 e. The van der Waals surface area contributed by atoms with E-state index in [-0.39, 0.29) is 5.75 Å². The molecule has 2 rings (SSSR count). The summed E-state index contributed by atoms with van der Waals surface area (Å²) in [6, 6.07) is 0. The van der Waals surface area contributed by atoms with E-state index < -0.39 is 10.0 Å². The van der Waals surface area contributed by atoms with Crippen LogP contribution >= 0.6 is 0 Å². The first-order valence-corrected chi connectivity index (χ1v) is 7.20. The molecule has 0 atom stereocenters. The second-order valence-corrected chi connectivity index (χ2v) is 6.86. The van der Waals surface area contributed by atoms with Gasteiger partial charge in [-0.1, -0.05) is 0 Å². The largest absolute Gasteiger partial charge is 0.213 e. The number of sulfonamides is 1. The van der Waals surface area contributed by atoms with Crippen molar-refractivity contribution in [3.63, 3.8) is 0 Å². The van der Waals surface area contributed by atoms with Crippen molar-refractivity contribution >= 4 is 10.0 Å². The molecule has 4 heteroatoms. The van der Waals surface area contributed by atoms with Crippen molar-refractivity contribution in [3.05, 3.63) is 0 Å². The Morgan fingerprint density at radius 1 is 1.07 bits per heavy atom. The van der Waals surface area contributed by atoms with Crippen molar-refractivity contribution in [1.29, 1.82) is 0 Å². The fourth-order valence-electron chi connectivity index (χ4n) is 1.66. The van der Waals surface area contributed by atoms with Crippen molar-refractivity contribution in [3.8, 4) is 0 Å². The molecular weight excluding hydrogens is 198 g/mol. The van der Waals surface area contributed by atoms with Gasteiger partial charge in [-0.3, -0.25) is 0 Å². The molecule has 0 aromatic heterocycles. The van der Waals surface area contributed by atoms with E-state index in [0.717, 1.165) is 13.1 Å². The lowest BCUT2D eigenvalue weighted by atomic mass is 10.4. The predicted octanol–water partition coefficient (Wildman–Crippen LogP) is 1.46. The number of hydrogen-bond acceptors (Lipinski definition) is 2. The highest BCUT2D eigenvalue weighted by atomic mass is 32.2. The topological polar surface area (TPSA) is 37.4 Å². The third kappa shape index (κ3) is 2.70. The van der Waals surface area contributed by atoms with Crippen LogP contribution < -0.4 is 0 Å². The van der Waals surface area contributed by atoms with Crippen LogP contribution in [0.25, 0.3) is 0 Å². The van der Waals surface area contributed by atoms with Crippen LogP contribution in [-0.2, 0) is 10.0 Å². The minimum atomic E-state index is -2.94. The standard InChI is InChI=1S/C10H19NO2S/c1-2-14(12,13)11(7-9-3-4-9)8-10-5-6-10/h9-10H,2-8H2,1H3. The van der Waals surface area contributed by atoms with Gasteiger partial charge in [-0.05, 0) is 44.4 Å². The summed E-state index contributed by atoms with van der Waals surface area (Å²) >= 11 is 0. The van der Waals surface area contributed by atoms with E-state index in [9.17, 15) is 8.42 Å². The Labute approximate surface area is 86.5 Å². The molecule has 0 N–H and O–H groups in total. The van der Waals surface area contributed by atoms with E-state index >= 15 is 0 Å². The van der Waals surface area contributed by atoms with E-state index in [1.54, 1.807) is 11.2 Å². The van der Waals surface area contributed by atoms with E-state index in [2.05, 4.69) is 0 Å². The number of rotatable bonds is 6. The van der Waals surface area contributed by atoms with Gasteiger partial charge < -0.3 is 0 Å². The summed E-state index contributed by atoms with van der Waals surface area (Å²) in [5.74, 6) is 1.58. The molecule has 0 bridgehead atoms. The first-order valence-electron chi connectivity index (χ1n) is 5.59. The zero-order valence-corrected chi connectivity index (χ0v) is 9.59. The van der Waals surface area contributed by atoms with Crippen molar-refractivity contribution in [1.82, 2.24) is 4.31 Å². The fraction of sp³-hybridized carbons (Fsp3) is 1.00. The molecule has 14 heavy (non-hydrogen) atoms. The molecule has 3 nitrogen and oxygen atoms in total. The molecule has 0 heterocycles. The van der Waals surface area contributed by atoms with Gasteiger partial charge in [0, 0.05) is 13.1 Å². The van der Waals surface area contributed by atoms with Gasteiger partial charge in [0.25, 0.3) is 0 Å². The van der Waals surface area contributed by atoms with Crippen LogP contribution in [0.3, 0.4) is 0 Å². The molecule has 2 aliphatic carbocycles. The van der Waals surface area contributed by atoms with Gasteiger partial charge >= 0.3 is 0 Å². The summed E-state index contributed by atoms with van der Waals surface area (Å²) in [5, 5.41) is 0. The zero-order chi connectivity index (χ0) is 10.2. The Morgan fingerprint density at radius 3 is 1.79 bits per heavy atom. The summed E-state index contributed by atoms with van der Waals surface area (Å²) in [7, 11) is -2.94. The molecule has 0 spiro atoms. The second kappa shape index (κ2) is 3.81. The quantitative estimate of drug-likeness (QED) is 0.675. The molecule has 0 radical (unpaired) electrons. The van der Waals surface area contributed by atoms with Crippen LogP contribution in [0.1, 0.15) is 32.6 Å². The molecule has 0 aliphatic heterocycles. The fourth-order valence-corrected chi connectivity index (χ4v) is 2.90. The van der Waals surface area contributed by atoms with Crippen LogP contribution in [0, 0.1) is 11.8 Å². The molecule has 82 valence electrons. The van der Waals surface area contributed by atoms with Gasteiger partial charge in [0.05, 0.1) is 5.75 Å². The van der Waals surface area contributed by atoms with Gasteiger partial charge in [-0.15, -0.1) is 0 Å². The molecular formula is C10H19NO2S. The molecule has 0 aromatic rings. The number of nitrogens with zero attached hydrogens (tertiary/aromatic N) is 1. The highest BCUT2D eigenvalue weighted by molar-refractivity contribution is 7.89. The highest BCUT2D eigenvalue weighted by Crippen LogP contribution is 2.34. The molecule has 2 saturated carbocycles. The van der Waals surface area contributed by atoms with Crippen LogP contribution in [0.2, 0.25) is 0 Å². The average molecular weight is 217 g/mol. The molecule has 0 aromatic carbocycles.